The maximum absolute atomic E-state index is 10.2. The van der Waals surface area contributed by atoms with Gasteiger partial charge in [0, 0.05) is 50.1 Å². The van der Waals surface area contributed by atoms with E-state index in [2.05, 4.69) is 70.9 Å². The lowest BCUT2D eigenvalue weighted by atomic mass is 10.1. The van der Waals surface area contributed by atoms with E-state index in [0.717, 1.165) is 93.8 Å². The van der Waals surface area contributed by atoms with Crippen LogP contribution in [0.2, 0.25) is 0 Å². The molecule has 0 radical (unpaired) electrons. The normalized spacial score (nSPS) is 11.7. The Morgan fingerprint density at radius 3 is 1.68 bits per heavy atom. The maximum Gasteiger partial charge on any atom is 0.207 e. The Kier molecular flexibility index (Phi) is 47.9. The number of unbranched alkanes of at least 4 members (excludes halogenated alkanes) is 7. The summed E-state index contributed by atoms with van der Waals surface area (Å²) in [6.45, 7) is 23.1. The summed E-state index contributed by atoms with van der Waals surface area (Å²) in [5.74, 6) is 0.474. The summed E-state index contributed by atoms with van der Waals surface area (Å²) in [5, 5.41) is 2.99. The highest BCUT2D eigenvalue weighted by molar-refractivity contribution is 7.90. The van der Waals surface area contributed by atoms with E-state index in [0.29, 0.717) is 24.0 Å². The monoisotopic (exact) mass is 804 g/mol. The molecule has 1 amide bonds. The summed E-state index contributed by atoms with van der Waals surface area (Å²) in [6.07, 6.45) is 17.1. The second kappa shape index (κ2) is 43.4. The average Bonchev–Trinajstić information content (AvgIpc) is 3.12. The largest absolute Gasteiger partial charge is 0.381 e. The molecule has 0 aromatic heterocycles. The Hall–Kier alpha value is -1.30. The van der Waals surface area contributed by atoms with Crippen molar-refractivity contribution in [3.8, 4) is 0 Å². The highest BCUT2D eigenvalue weighted by Gasteiger charge is 2.16. The molecule has 2 unspecified atom stereocenters. The molecule has 0 aliphatic rings. The molecule has 312 valence electrons. The summed E-state index contributed by atoms with van der Waals surface area (Å²) < 4.78 is 16.3. The second-order valence-corrected chi connectivity index (χ2v) is 15.7. The predicted octanol–water partition coefficient (Wildman–Crippen LogP) is 11.9. The first-order chi connectivity index (χ1) is 25.1. The van der Waals surface area contributed by atoms with Crippen LogP contribution in [0.25, 0.3) is 4.91 Å². The number of ketones is 2. The van der Waals surface area contributed by atoms with E-state index in [1.165, 1.54) is 57.9 Å². The van der Waals surface area contributed by atoms with Gasteiger partial charge < -0.3 is 29.1 Å². The van der Waals surface area contributed by atoms with Crippen molar-refractivity contribution in [1.29, 1.82) is 0 Å². The van der Waals surface area contributed by atoms with Gasteiger partial charge in [-0.15, -0.1) is 25.3 Å². The molecule has 1 aromatic carbocycles. The van der Waals surface area contributed by atoms with Crippen LogP contribution in [0.5, 0.6) is 0 Å². The minimum atomic E-state index is -0.333. The number of carbonyl (C=O) groups excluding carboxylic acids is 3. The van der Waals surface area contributed by atoms with Crippen LogP contribution in [0.1, 0.15) is 170 Å². The number of benzene rings is 1. The second-order valence-electron chi connectivity index (χ2n) is 13.6. The minimum Gasteiger partial charge on any atom is -0.381 e. The summed E-state index contributed by atoms with van der Waals surface area (Å²) in [7, 11) is 1.68. The molecule has 0 spiro atoms. The number of amides is 1. The fourth-order valence-corrected chi connectivity index (χ4v) is 4.37. The van der Waals surface area contributed by atoms with Gasteiger partial charge in [0.2, 0.25) is 6.41 Å². The molecule has 7 nitrogen and oxygen atoms in total. The molecule has 0 bridgehead atoms. The molecule has 0 heterocycles. The molecule has 1 aromatic rings. The van der Waals surface area contributed by atoms with Gasteiger partial charge >= 0.3 is 0 Å². The minimum absolute atomic E-state index is 0.167. The van der Waals surface area contributed by atoms with Crippen LogP contribution in [0, 0.1) is 0 Å². The molecule has 0 saturated heterocycles. The number of rotatable bonds is 25. The van der Waals surface area contributed by atoms with E-state index in [9.17, 15) is 14.4 Å². The van der Waals surface area contributed by atoms with Crippen LogP contribution < -0.4 is 5.32 Å². The maximum atomic E-state index is 10.2. The third-order valence-electron chi connectivity index (χ3n) is 7.41. The molecule has 53 heavy (non-hydrogen) atoms. The van der Waals surface area contributed by atoms with Gasteiger partial charge in [0.25, 0.3) is 0 Å². The standard InChI is InChI=1S/C14H30O3S2.C12H15NOS.C8H18.C6H12O.C3H6O/c1-4-13(18)12-17-10-6-5-9-16-11-7-8-14(2,19)15-3;1-9(2)12(15)11-5-3-10(4-6-11)7-13-8-14;1-3-5-7-8-6-4-2;1-3-4-5-6(2)7;1-3(2)4/h13,18-19H,4-12H2,1-3H3;3-6,8,15H,7H2,1-2H3,(H,13,14);3-8H2,1-2H3;3-5H2,1-2H3;1-2H3. The van der Waals surface area contributed by atoms with Gasteiger partial charge in [0.1, 0.15) is 16.5 Å². The first-order valence-electron chi connectivity index (χ1n) is 19.8. The van der Waals surface area contributed by atoms with Gasteiger partial charge in [-0.25, -0.2) is 0 Å². The van der Waals surface area contributed by atoms with Crippen LogP contribution in [-0.4, -0.2) is 61.7 Å². The average molecular weight is 804 g/mol. The Morgan fingerprint density at radius 1 is 0.792 bits per heavy atom. The van der Waals surface area contributed by atoms with Crippen LogP contribution in [0.4, 0.5) is 0 Å². The third-order valence-corrected chi connectivity index (χ3v) is 9.03. The van der Waals surface area contributed by atoms with E-state index in [-0.39, 0.29) is 10.7 Å². The lowest BCUT2D eigenvalue weighted by Gasteiger charge is -2.21. The van der Waals surface area contributed by atoms with Crippen molar-refractivity contribution >= 4 is 60.8 Å². The number of nitrogens with one attached hydrogen (secondary N) is 1. The van der Waals surface area contributed by atoms with Gasteiger partial charge in [-0.05, 0) is 91.2 Å². The highest BCUT2D eigenvalue weighted by atomic mass is 32.1. The number of carbonyl (C=O) groups is 3. The summed E-state index contributed by atoms with van der Waals surface area (Å²) in [5.41, 5.74) is 3.38. The number of ether oxygens (including phenoxy) is 3. The van der Waals surface area contributed by atoms with Gasteiger partial charge in [0.05, 0.1) is 6.61 Å². The number of hydrogen-bond acceptors (Lipinski definition) is 9. The molecule has 10 heteroatoms. The topological polar surface area (TPSA) is 90.9 Å². The van der Waals surface area contributed by atoms with Gasteiger partial charge in [0.15, 0.2) is 0 Å². The first kappa shape index (κ1) is 58.4. The van der Waals surface area contributed by atoms with Crippen LogP contribution in [0.15, 0.2) is 29.8 Å². The zero-order valence-electron chi connectivity index (χ0n) is 35.7. The molecular formula is C43H81NO6S3. The van der Waals surface area contributed by atoms with Gasteiger partial charge in [-0.1, -0.05) is 102 Å². The number of thiol groups is 3. The quantitative estimate of drug-likeness (QED) is 0.0341. The fourth-order valence-electron chi connectivity index (χ4n) is 3.96. The van der Waals surface area contributed by atoms with Crippen LogP contribution in [-0.2, 0) is 35.1 Å². The van der Waals surface area contributed by atoms with Gasteiger partial charge in [-0.2, -0.15) is 12.6 Å². The lowest BCUT2D eigenvalue weighted by molar-refractivity contribution is -0.117. The number of hydrogen-bond donors (Lipinski definition) is 4. The van der Waals surface area contributed by atoms with Crippen LogP contribution in [0.3, 0.4) is 0 Å². The summed E-state index contributed by atoms with van der Waals surface area (Å²) >= 11 is 13.2. The number of methoxy groups -OCH3 is 1. The van der Waals surface area contributed by atoms with Crippen molar-refractivity contribution in [2.75, 3.05) is 33.5 Å². The third kappa shape index (κ3) is 50.7. The summed E-state index contributed by atoms with van der Waals surface area (Å²) in [6, 6.07) is 8.00. The van der Waals surface area contributed by atoms with Crippen molar-refractivity contribution in [3.63, 3.8) is 0 Å². The molecular weight excluding hydrogens is 723 g/mol. The smallest absolute Gasteiger partial charge is 0.207 e. The molecule has 0 saturated carbocycles. The van der Waals surface area contributed by atoms with Crippen molar-refractivity contribution in [2.45, 2.75) is 176 Å². The van der Waals surface area contributed by atoms with Crippen molar-refractivity contribution < 1.29 is 28.6 Å². The SMILES string of the molecule is CC(C)=C(S)c1ccc(CNC=O)cc1.CC(C)=O.CCC(S)COCCCCOCCCC(C)(S)OC.CCCCC(C)=O.CCCCCCCC. The lowest BCUT2D eigenvalue weighted by Crippen LogP contribution is -2.19. The molecule has 0 aliphatic carbocycles. The van der Waals surface area contributed by atoms with E-state index in [1.54, 1.807) is 14.0 Å². The van der Waals surface area contributed by atoms with E-state index < -0.39 is 0 Å². The van der Waals surface area contributed by atoms with E-state index >= 15 is 0 Å². The van der Waals surface area contributed by atoms with Gasteiger partial charge in [-0.3, -0.25) is 4.79 Å². The molecule has 0 fully saturated rings. The number of allylic oxidation sites excluding steroid dienone is 1. The molecule has 1 N–H and O–H groups in total. The molecule has 2 atom stereocenters. The Labute approximate surface area is 343 Å². The van der Waals surface area contributed by atoms with Crippen molar-refractivity contribution in [3.05, 3.63) is 41.0 Å². The Bertz CT molecular complexity index is 988. The molecule has 0 aliphatic heterocycles. The zero-order valence-corrected chi connectivity index (χ0v) is 38.4. The Balaban J connectivity index is -0.000000311. The number of Topliss-reactive ketones (excluding diaryl/α,β-unsaturated/α-hetero) is 2. The van der Waals surface area contributed by atoms with E-state index in [4.69, 9.17) is 14.2 Å². The predicted molar refractivity (Wildman–Crippen MR) is 240 cm³/mol. The fraction of sp³-hybridized carbons (Fsp3) is 0.744. The van der Waals surface area contributed by atoms with Crippen molar-refractivity contribution in [1.82, 2.24) is 5.32 Å². The first-order valence-corrected chi connectivity index (χ1v) is 21.2. The Morgan fingerprint density at radius 2 is 1.28 bits per heavy atom. The van der Waals surface area contributed by atoms with Crippen LogP contribution >= 0.6 is 37.9 Å². The van der Waals surface area contributed by atoms with E-state index in [1.807, 2.05) is 45.0 Å². The highest BCUT2D eigenvalue weighted by Crippen LogP contribution is 2.22. The molecule has 1 rings (SSSR count). The summed E-state index contributed by atoms with van der Waals surface area (Å²) in [4.78, 5) is 30.4. The van der Waals surface area contributed by atoms with Crippen molar-refractivity contribution in [2.24, 2.45) is 0 Å². The zero-order chi connectivity index (χ0) is 41.3.